The Morgan fingerprint density at radius 3 is 2.45 bits per heavy atom. The monoisotopic (exact) mass is 379 g/mol. The van der Waals surface area contributed by atoms with Gasteiger partial charge in [0, 0.05) is 23.0 Å². The molecule has 2 aliphatic carbocycles. The lowest BCUT2D eigenvalue weighted by molar-refractivity contribution is 0.244. The molecular weight excluding hydrogens is 357 g/mol. The van der Waals surface area contributed by atoms with Crippen molar-refractivity contribution < 1.29 is 0 Å². The van der Waals surface area contributed by atoms with Crippen molar-refractivity contribution in [1.82, 2.24) is 0 Å². The lowest BCUT2D eigenvalue weighted by Gasteiger charge is -2.33. The highest BCUT2D eigenvalue weighted by atomic mass is 127. The molecule has 0 radical (unpaired) electrons. The molecule has 106 valence electrons. The van der Waals surface area contributed by atoms with Crippen molar-refractivity contribution in [1.29, 1.82) is 0 Å². The minimum absolute atomic E-state index is 0.281. The Labute approximate surface area is 135 Å². The first-order valence-electron chi connectivity index (χ1n) is 7.37. The number of rotatable bonds is 2. The summed E-state index contributed by atoms with van der Waals surface area (Å²) in [5.41, 5.74) is 3.29. The summed E-state index contributed by atoms with van der Waals surface area (Å²) in [5.74, 6) is 1.26. The van der Waals surface area contributed by atoms with Gasteiger partial charge in [0.15, 0.2) is 0 Å². The standard InChI is InChI=1S/C18H22IN/c1-12-16(19)17(3)10-14(18(12,4)13(17)2)11-20-15-8-6-5-7-9-15/h5-9,11,13-14H,10H2,1-4H3. The largest absolute Gasteiger partial charge is 0.261 e. The summed E-state index contributed by atoms with van der Waals surface area (Å²) in [5, 5.41) is 0. The SMILES string of the molecule is CC1=C(I)C2(C)CC(C=Nc3ccccc3)C1(C)C2C. The van der Waals surface area contributed by atoms with Crippen molar-refractivity contribution in [2.75, 3.05) is 0 Å². The second-order valence-corrected chi connectivity index (χ2v) is 7.86. The quantitative estimate of drug-likeness (QED) is 0.456. The van der Waals surface area contributed by atoms with Gasteiger partial charge in [-0.1, -0.05) is 44.5 Å². The normalized spacial score (nSPS) is 40.0. The third-order valence-corrected chi connectivity index (χ3v) is 8.11. The average Bonchev–Trinajstić information content (AvgIpc) is 2.73. The third-order valence-electron chi connectivity index (χ3n) is 6.07. The summed E-state index contributed by atoms with van der Waals surface area (Å²) in [6.07, 6.45) is 3.44. The highest BCUT2D eigenvalue weighted by molar-refractivity contribution is 14.1. The summed E-state index contributed by atoms with van der Waals surface area (Å²) >= 11 is 2.58. The molecule has 1 aromatic carbocycles. The zero-order valence-corrected chi connectivity index (χ0v) is 14.8. The third kappa shape index (κ3) is 1.76. The molecule has 1 fully saturated rings. The van der Waals surface area contributed by atoms with E-state index in [0.717, 1.165) is 5.69 Å². The average molecular weight is 379 g/mol. The van der Waals surface area contributed by atoms with E-state index in [2.05, 4.69) is 68.6 Å². The number of halogens is 1. The minimum Gasteiger partial charge on any atom is -0.261 e. The molecule has 1 saturated carbocycles. The second kappa shape index (κ2) is 4.69. The summed E-state index contributed by atoms with van der Waals surface area (Å²) in [4.78, 5) is 4.73. The first-order valence-corrected chi connectivity index (χ1v) is 8.45. The van der Waals surface area contributed by atoms with Crippen LogP contribution >= 0.6 is 22.6 Å². The Morgan fingerprint density at radius 2 is 1.90 bits per heavy atom. The van der Waals surface area contributed by atoms with Gasteiger partial charge in [0.25, 0.3) is 0 Å². The van der Waals surface area contributed by atoms with Crippen LogP contribution in [-0.4, -0.2) is 6.21 Å². The van der Waals surface area contributed by atoms with E-state index < -0.39 is 0 Å². The fourth-order valence-electron chi connectivity index (χ4n) is 4.27. The van der Waals surface area contributed by atoms with Crippen LogP contribution < -0.4 is 0 Å². The van der Waals surface area contributed by atoms with Crippen LogP contribution in [-0.2, 0) is 0 Å². The summed E-state index contributed by atoms with van der Waals surface area (Å²) < 4.78 is 1.59. The Hall–Kier alpha value is -0.640. The van der Waals surface area contributed by atoms with Crippen molar-refractivity contribution in [3.05, 3.63) is 39.5 Å². The number of nitrogens with zero attached hydrogens (tertiary/aromatic N) is 1. The van der Waals surface area contributed by atoms with Gasteiger partial charge in [0.05, 0.1) is 5.69 Å². The summed E-state index contributed by atoms with van der Waals surface area (Å²) in [6, 6.07) is 10.3. The van der Waals surface area contributed by atoms with Crippen LogP contribution in [0.5, 0.6) is 0 Å². The fourth-order valence-corrected chi connectivity index (χ4v) is 5.54. The van der Waals surface area contributed by atoms with Gasteiger partial charge in [-0.15, -0.1) is 0 Å². The Bertz CT molecular complexity index is 589. The predicted molar refractivity (Wildman–Crippen MR) is 94.8 cm³/mol. The lowest BCUT2D eigenvalue weighted by atomic mass is 9.71. The number of para-hydroxylation sites is 1. The van der Waals surface area contributed by atoms with Gasteiger partial charge in [-0.3, -0.25) is 4.99 Å². The van der Waals surface area contributed by atoms with Crippen molar-refractivity contribution in [2.45, 2.75) is 34.1 Å². The van der Waals surface area contributed by atoms with Gasteiger partial charge in [-0.2, -0.15) is 0 Å². The molecule has 3 rings (SSSR count). The maximum Gasteiger partial charge on any atom is 0.0625 e. The molecule has 0 heterocycles. The van der Waals surface area contributed by atoms with Crippen LogP contribution in [0, 0.1) is 22.7 Å². The smallest absolute Gasteiger partial charge is 0.0625 e. The maximum atomic E-state index is 4.73. The van der Waals surface area contributed by atoms with Crippen LogP contribution in [0.2, 0.25) is 0 Å². The number of hydrogen-bond donors (Lipinski definition) is 0. The number of benzene rings is 1. The molecule has 0 amide bonds. The molecular formula is C18H22IN. The Morgan fingerprint density at radius 1 is 1.25 bits per heavy atom. The molecule has 4 atom stereocenters. The maximum absolute atomic E-state index is 4.73. The topological polar surface area (TPSA) is 12.4 Å². The number of allylic oxidation sites excluding steroid dienone is 2. The van der Waals surface area contributed by atoms with Crippen molar-refractivity contribution in [2.24, 2.45) is 27.7 Å². The van der Waals surface area contributed by atoms with Crippen molar-refractivity contribution in [3.63, 3.8) is 0 Å². The van der Waals surface area contributed by atoms with Crippen LogP contribution in [0.15, 0.2) is 44.5 Å². The van der Waals surface area contributed by atoms with Crippen molar-refractivity contribution >= 4 is 34.5 Å². The highest BCUT2D eigenvalue weighted by Crippen LogP contribution is 2.70. The summed E-state index contributed by atoms with van der Waals surface area (Å²) in [7, 11) is 0. The number of aliphatic imine (C=N–C) groups is 1. The van der Waals surface area contributed by atoms with Crippen molar-refractivity contribution in [3.8, 4) is 0 Å². The first-order chi connectivity index (χ1) is 9.40. The van der Waals surface area contributed by atoms with E-state index in [4.69, 9.17) is 4.99 Å². The van der Waals surface area contributed by atoms with Gasteiger partial charge in [0.2, 0.25) is 0 Å². The molecule has 2 heteroatoms. The molecule has 0 aliphatic heterocycles. The van der Waals surface area contributed by atoms with E-state index in [1.807, 2.05) is 18.2 Å². The minimum atomic E-state index is 0.281. The first kappa shape index (κ1) is 14.3. The zero-order chi connectivity index (χ0) is 14.5. The molecule has 2 bridgehead atoms. The van der Waals surface area contributed by atoms with E-state index >= 15 is 0 Å². The van der Waals surface area contributed by atoms with Crippen LogP contribution in [0.3, 0.4) is 0 Å². The fraction of sp³-hybridized carbons (Fsp3) is 0.500. The molecule has 20 heavy (non-hydrogen) atoms. The molecule has 0 aromatic heterocycles. The number of hydrogen-bond acceptors (Lipinski definition) is 1. The van der Waals surface area contributed by atoms with Gasteiger partial charge >= 0.3 is 0 Å². The Balaban J connectivity index is 1.93. The summed E-state index contributed by atoms with van der Waals surface area (Å²) in [6.45, 7) is 9.62. The van der Waals surface area contributed by atoms with E-state index in [1.165, 1.54) is 6.42 Å². The molecule has 1 nitrogen and oxygen atoms in total. The van der Waals surface area contributed by atoms with Gasteiger partial charge in [-0.05, 0) is 57.6 Å². The van der Waals surface area contributed by atoms with Crippen LogP contribution in [0.25, 0.3) is 0 Å². The van der Waals surface area contributed by atoms with E-state index in [-0.39, 0.29) is 5.41 Å². The van der Waals surface area contributed by atoms with Gasteiger partial charge in [-0.25, -0.2) is 0 Å². The molecule has 0 saturated heterocycles. The molecule has 4 unspecified atom stereocenters. The zero-order valence-electron chi connectivity index (χ0n) is 12.7. The Kier molecular flexibility index (Phi) is 3.35. The van der Waals surface area contributed by atoms with Crippen LogP contribution in [0.4, 0.5) is 5.69 Å². The van der Waals surface area contributed by atoms with E-state index in [0.29, 0.717) is 17.3 Å². The predicted octanol–water partition coefficient (Wildman–Crippen LogP) is 5.78. The van der Waals surface area contributed by atoms with E-state index in [1.54, 1.807) is 9.15 Å². The number of fused-ring (bicyclic) bond motifs is 2. The van der Waals surface area contributed by atoms with Gasteiger partial charge < -0.3 is 0 Å². The van der Waals surface area contributed by atoms with Gasteiger partial charge in [0.1, 0.15) is 0 Å². The van der Waals surface area contributed by atoms with E-state index in [9.17, 15) is 0 Å². The second-order valence-electron chi connectivity index (χ2n) is 6.79. The molecule has 2 aliphatic rings. The molecule has 1 aromatic rings. The highest BCUT2D eigenvalue weighted by Gasteiger charge is 2.62. The molecule has 0 spiro atoms. The molecule has 0 N–H and O–H groups in total. The van der Waals surface area contributed by atoms with Crippen LogP contribution in [0.1, 0.15) is 34.1 Å². The lowest BCUT2D eigenvalue weighted by Crippen LogP contribution is -2.28.